The third kappa shape index (κ3) is 4.80. The Hall–Kier alpha value is -0.930. The first-order chi connectivity index (χ1) is 15.2. The maximum atomic E-state index is 12.7. The molecule has 32 heavy (non-hydrogen) atoms. The smallest absolute Gasteiger partial charge is 0.308 e. The number of esters is 1. The number of ether oxygens (including phenoxy) is 3. The van der Waals surface area contributed by atoms with E-state index in [9.17, 15) is 45.6 Å². The summed E-state index contributed by atoms with van der Waals surface area (Å²) in [6.07, 6.45) is -9.08. The fourth-order valence-electron chi connectivity index (χ4n) is 4.32. The van der Waals surface area contributed by atoms with E-state index in [1.54, 1.807) is 0 Å². The van der Waals surface area contributed by atoms with Gasteiger partial charge in [0.05, 0.1) is 19.8 Å². The maximum absolute atomic E-state index is 12.7. The first kappa shape index (κ1) is 27.3. The van der Waals surface area contributed by atoms with Gasteiger partial charge in [0.2, 0.25) is 0 Å². The van der Waals surface area contributed by atoms with Crippen molar-refractivity contribution in [1.82, 2.24) is 0 Å². The average Bonchev–Trinajstić information content (AvgIpc) is 3.05. The summed E-state index contributed by atoms with van der Waals surface area (Å²) < 4.78 is 16.4. The molecule has 0 bridgehead atoms. The Morgan fingerprint density at radius 2 is 1.41 bits per heavy atom. The van der Waals surface area contributed by atoms with Crippen LogP contribution in [0.3, 0.4) is 0 Å². The van der Waals surface area contributed by atoms with Crippen LogP contribution >= 0.6 is 0 Å². The summed E-state index contributed by atoms with van der Waals surface area (Å²) in [6.45, 7) is -0.826. The molecule has 8 N–H and O–H groups in total. The summed E-state index contributed by atoms with van der Waals surface area (Å²) in [5.74, 6) is -3.75. The number of rotatable bonds is 11. The second-order valence-electron chi connectivity index (χ2n) is 8.39. The number of hydrogen-bond donors (Lipinski definition) is 8. The molecule has 2 aliphatic heterocycles. The fourth-order valence-corrected chi connectivity index (χ4v) is 4.32. The van der Waals surface area contributed by atoms with Crippen molar-refractivity contribution < 1.29 is 59.9 Å². The highest BCUT2D eigenvalue weighted by atomic mass is 16.8. The molecule has 188 valence electrons. The predicted octanol–water partition coefficient (Wildman–Crippen LogP) is -3.10. The van der Waals surface area contributed by atoms with Crippen molar-refractivity contribution in [3.63, 3.8) is 0 Å². The van der Waals surface area contributed by atoms with Gasteiger partial charge in [-0.1, -0.05) is 32.6 Å². The van der Waals surface area contributed by atoms with Crippen LogP contribution in [0, 0.1) is 0 Å². The van der Waals surface area contributed by atoms with Crippen LogP contribution in [0.1, 0.15) is 45.4 Å². The van der Waals surface area contributed by atoms with E-state index in [-0.39, 0.29) is 6.42 Å². The van der Waals surface area contributed by atoms with Crippen molar-refractivity contribution in [2.45, 2.75) is 99.6 Å². The van der Waals surface area contributed by atoms with Crippen molar-refractivity contribution in [2.24, 2.45) is 0 Å². The lowest BCUT2D eigenvalue weighted by Gasteiger charge is -2.54. The molecule has 2 rings (SSSR count). The zero-order valence-corrected chi connectivity index (χ0v) is 18.1. The number of carbonyl (C=O) groups is 1. The molecule has 9 atom stereocenters. The molecule has 0 spiro atoms. The predicted molar refractivity (Wildman–Crippen MR) is 106 cm³/mol. The van der Waals surface area contributed by atoms with E-state index >= 15 is 0 Å². The monoisotopic (exact) mass is 468 g/mol. The third-order valence-electron chi connectivity index (χ3n) is 6.25. The molecule has 0 unspecified atom stereocenters. The van der Waals surface area contributed by atoms with Gasteiger partial charge in [-0.15, -0.1) is 0 Å². The van der Waals surface area contributed by atoms with Crippen LogP contribution in [0.5, 0.6) is 0 Å². The minimum Gasteiger partial charge on any atom is -0.427 e. The van der Waals surface area contributed by atoms with Crippen molar-refractivity contribution in [3.8, 4) is 0 Å². The Labute approximate surface area is 186 Å². The van der Waals surface area contributed by atoms with E-state index in [1.165, 1.54) is 0 Å². The largest absolute Gasteiger partial charge is 0.427 e. The molecule has 2 aliphatic rings. The lowest BCUT2D eigenvalue weighted by Crippen LogP contribution is -2.78. The molecule has 0 aromatic rings. The Kier molecular flexibility index (Phi) is 9.79. The zero-order valence-electron chi connectivity index (χ0n) is 18.1. The number of carbonyl (C=O) groups excluding carboxylic acids is 1. The van der Waals surface area contributed by atoms with E-state index in [0.29, 0.717) is 6.42 Å². The third-order valence-corrected chi connectivity index (χ3v) is 6.25. The van der Waals surface area contributed by atoms with Crippen LogP contribution in [0.4, 0.5) is 0 Å². The van der Waals surface area contributed by atoms with E-state index in [1.807, 2.05) is 6.92 Å². The summed E-state index contributed by atoms with van der Waals surface area (Å²) in [5.41, 5.74) is -2.55. The molecule has 12 heteroatoms. The molecule has 0 aliphatic carbocycles. The molecule has 0 aromatic carbocycles. The molecule has 0 aromatic heterocycles. The van der Waals surface area contributed by atoms with E-state index in [2.05, 4.69) is 0 Å². The van der Waals surface area contributed by atoms with Gasteiger partial charge in [0.25, 0.3) is 5.79 Å². The summed E-state index contributed by atoms with van der Waals surface area (Å²) in [5, 5.41) is 81.6. The van der Waals surface area contributed by atoms with Gasteiger partial charge in [-0.2, -0.15) is 0 Å². The lowest BCUT2D eigenvalue weighted by atomic mass is 9.78. The van der Waals surface area contributed by atoms with Gasteiger partial charge >= 0.3 is 5.97 Å². The van der Waals surface area contributed by atoms with E-state index in [0.717, 1.165) is 25.7 Å². The van der Waals surface area contributed by atoms with Gasteiger partial charge in [-0.05, 0) is 6.42 Å². The molecule has 2 heterocycles. The highest BCUT2D eigenvalue weighted by Gasteiger charge is 2.74. The van der Waals surface area contributed by atoms with Crippen LogP contribution < -0.4 is 0 Å². The van der Waals surface area contributed by atoms with Crippen LogP contribution in [0.15, 0.2) is 0 Å². The lowest BCUT2D eigenvalue weighted by molar-refractivity contribution is -0.415. The zero-order chi connectivity index (χ0) is 24.1. The minimum absolute atomic E-state index is 0.131. The first-order valence-corrected chi connectivity index (χ1v) is 11.0. The van der Waals surface area contributed by atoms with Gasteiger partial charge in [0.1, 0.15) is 36.6 Å². The molecule has 2 fully saturated rings. The van der Waals surface area contributed by atoms with Gasteiger partial charge in [-0.25, -0.2) is 0 Å². The van der Waals surface area contributed by atoms with Crippen molar-refractivity contribution >= 4 is 5.97 Å². The summed E-state index contributed by atoms with van der Waals surface area (Å²) in [7, 11) is 0. The maximum Gasteiger partial charge on any atom is 0.308 e. The molecule has 0 saturated carbocycles. The van der Waals surface area contributed by atoms with Crippen molar-refractivity contribution in [2.75, 3.05) is 19.8 Å². The van der Waals surface area contributed by atoms with Crippen molar-refractivity contribution in [3.05, 3.63) is 0 Å². The summed E-state index contributed by atoms with van der Waals surface area (Å²) >= 11 is 0. The Morgan fingerprint density at radius 3 is 1.94 bits per heavy atom. The standard InChI is InChI=1S/C20H36O12/c1-2-3-4-5-6-7-13(24)32-20(18(29)16(27)14(25)11(8-21)31-20)19(10-23)17(28)15(26)12(9-22)30-19/h11-12,14-18,21-23,25-29H,2-10H2,1H3/t11-,12-,14+,15+,16+,17+,18-,19+,20+/m1/s1. The summed E-state index contributed by atoms with van der Waals surface area (Å²) in [4.78, 5) is 12.7. The van der Waals surface area contributed by atoms with Gasteiger partial charge in [-0.3, -0.25) is 4.79 Å². The average molecular weight is 468 g/mol. The second-order valence-corrected chi connectivity index (χ2v) is 8.39. The molecule has 0 amide bonds. The Balaban J connectivity index is 2.42. The quantitative estimate of drug-likeness (QED) is 0.112. The fraction of sp³-hybridized carbons (Fsp3) is 0.950. The molecule has 12 nitrogen and oxygen atoms in total. The Morgan fingerprint density at radius 1 is 0.812 bits per heavy atom. The van der Waals surface area contributed by atoms with Gasteiger partial charge < -0.3 is 55.1 Å². The number of unbranched alkanes of at least 4 members (excludes halogenated alkanes) is 4. The van der Waals surface area contributed by atoms with Crippen LogP contribution in [0.2, 0.25) is 0 Å². The summed E-state index contributed by atoms with van der Waals surface area (Å²) in [6, 6.07) is 0. The second kappa shape index (κ2) is 11.5. The minimum atomic E-state index is -2.82. The SMILES string of the molecule is CCCCCCCC(=O)O[C@@]1([C@@]2(CO)O[C@H](CO)[C@H](O)[C@@H]2O)O[C@H](CO)[C@H](O)[C@H](O)[C@H]1O. The number of hydrogen-bond acceptors (Lipinski definition) is 12. The van der Waals surface area contributed by atoms with E-state index < -0.39 is 79.9 Å². The molecule has 2 saturated heterocycles. The van der Waals surface area contributed by atoms with Gasteiger partial charge in [0.15, 0.2) is 11.7 Å². The molecular formula is C20H36O12. The first-order valence-electron chi connectivity index (χ1n) is 11.0. The van der Waals surface area contributed by atoms with Crippen LogP contribution in [0.25, 0.3) is 0 Å². The number of aliphatic hydroxyl groups excluding tert-OH is 8. The number of aliphatic hydroxyl groups is 8. The highest BCUT2D eigenvalue weighted by molar-refractivity contribution is 5.70. The topological polar surface area (TPSA) is 207 Å². The normalized spacial score (nSPS) is 42.2. The van der Waals surface area contributed by atoms with E-state index in [4.69, 9.17) is 14.2 Å². The highest BCUT2D eigenvalue weighted by Crippen LogP contribution is 2.48. The van der Waals surface area contributed by atoms with Crippen LogP contribution in [-0.4, -0.2) is 121 Å². The molecular weight excluding hydrogens is 432 g/mol. The van der Waals surface area contributed by atoms with Crippen LogP contribution in [-0.2, 0) is 19.0 Å². The van der Waals surface area contributed by atoms with Crippen molar-refractivity contribution in [1.29, 1.82) is 0 Å². The Bertz CT molecular complexity index is 603. The molecule has 0 radical (unpaired) electrons. The van der Waals surface area contributed by atoms with Gasteiger partial charge in [0, 0.05) is 6.42 Å².